The van der Waals surface area contributed by atoms with E-state index in [2.05, 4.69) is 39.5 Å². The zero-order valence-corrected chi connectivity index (χ0v) is 20.3. The van der Waals surface area contributed by atoms with E-state index in [1.807, 2.05) is 38.2 Å². The third kappa shape index (κ3) is 5.97. The van der Waals surface area contributed by atoms with Crippen molar-refractivity contribution < 1.29 is 14.3 Å². The van der Waals surface area contributed by atoms with E-state index in [9.17, 15) is 4.79 Å². The van der Waals surface area contributed by atoms with Crippen LogP contribution in [-0.4, -0.2) is 48.1 Å². The Balaban J connectivity index is 1.52. The number of hydrogen-bond acceptors (Lipinski definition) is 6. The van der Waals surface area contributed by atoms with Gasteiger partial charge in [-0.05, 0) is 67.8 Å². The van der Waals surface area contributed by atoms with Gasteiger partial charge in [0.2, 0.25) is 5.88 Å². The summed E-state index contributed by atoms with van der Waals surface area (Å²) in [4.78, 5) is 19.7. The van der Waals surface area contributed by atoms with E-state index < -0.39 is 0 Å². The molecular weight excluding hydrogens is 440 g/mol. The maximum Gasteiger partial charge on any atom is 0.251 e. The van der Waals surface area contributed by atoms with Crippen molar-refractivity contribution in [2.75, 3.05) is 20.2 Å². The molecule has 1 aromatic heterocycles. The molecule has 0 bridgehead atoms. The number of carbonyl (C=O) groups excluding carboxylic acids is 1. The van der Waals surface area contributed by atoms with Gasteiger partial charge in [-0.25, -0.2) is 4.98 Å². The molecule has 35 heavy (non-hydrogen) atoms. The van der Waals surface area contributed by atoms with Crippen LogP contribution in [0, 0.1) is 11.3 Å². The Bertz CT molecular complexity index is 1170. The maximum absolute atomic E-state index is 12.8. The topological polar surface area (TPSA) is 87.5 Å². The molecule has 7 heteroatoms. The molecule has 0 aliphatic carbocycles. The normalized spacial score (nSPS) is 16.5. The summed E-state index contributed by atoms with van der Waals surface area (Å²) in [5, 5.41) is 12.1. The van der Waals surface area contributed by atoms with Crippen LogP contribution in [0.2, 0.25) is 0 Å². The Hall–Kier alpha value is -3.89. The summed E-state index contributed by atoms with van der Waals surface area (Å²) in [6.45, 7) is 5.50. The van der Waals surface area contributed by atoms with Crippen LogP contribution in [0.15, 0.2) is 66.9 Å². The molecule has 3 aromatic rings. The Morgan fingerprint density at radius 3 is 2.40 bits per heavy atom. The van der Waals surface area contributed by atoms with Crippen molar-refractivity contribution in [2.24, 2.45) is 0 Å². The monoisotopic (exact) mass is 470 g/mol. The molecule has 1 saturated heterocycles. The summed E-state index contributed by atoms with van der Waals surface area (Å²) in [7, 11) is 1.66. The highest BCUT2D eigenvalue weighted by atomic mass is 16.5. The number of likely N-dealkylation sites (tertiary alicyclic amines) is 1. The van der Waals surface area contributed by atoms with Crippen molar-refractivity contribution >= 4 is 5.91 Å². The van der Waals surface area contributed by atoms with E-state index in [0.29, 0.717) is 23.6 Å². The van der Waals surface area contributed by atoms with E-state index in [4.69, 9.17) is 14.7 Å². The second-order valence-corrected chi connectivity index (χ2v) is 8.92. The van der Waals surface area contributed by atoms with Gasteiger partial charge in [0, 0.05) is 37.0 Å². The van der Waals surface area contributed by atoms with Crippen LogP contribution in [0.3, 0.4) is 0 Å². The number of ether oxygens (including phenoxy) is 2. The van der Waals surface area contributed by atoms with Crippen LogP contribution in [0.1, 0.15) is 53.4 Å². The first-order valence-electron chi connectivity index (χ1n) is 11.8. The summed E-state index contributed by atoms with van der Waals surface area (Å²) in [6, 6.07) is 20.8. The molecule has 1 amide bonds. The molecule has 2 heterocycles. The number of methoxy groups -OCH3 is 1. The number of rotatable bonds is 8. The van der Waals surface area contributed by atoms with E-state index in [1.165, 1.54) is 0 Å². The number of hydrogen-bond donors (Lipinski definition) is 1. The summed E-state index contributed by atoms with van der Waals surface area (Å²) >= 11 is 0. The highest BCUT2D eigenvalue weighted by Crippen LogP contribution is 2.33. The minimum Gasteiger partial charge on any atom is -0.497 e. The molecule has 7 nitrogen and oxygen atoms in total. The van der Waals surface area contributed by atoms with Crippen molar-refractivity contribution in [3.05, 3.63) is 89.1 Å². The van der Waals surface area contributed by atoms with Crippen molar-refractivity contribution in [1.82, 2.24) is 15.2 Å². The molecule has 2 aromatic carbocycles. The standard InChI is InChI=1S/C28H30N4O3/c1-19(2)35-26-13-10-23(17-30-26)27(21-8-11-25(34-3)12-9-21)32-15-14-24(18-32)31-28(33)22-6-4-20(16-29)5-7-22/h4-13,17,19,24,27H,14-15,18H2,1-3H3,(H,31,33)/t24?,27-/m1/s1. The first-order valence-corrected chi connectivity index (χ1v) is 11.8. The second-order valence-electron chi connectivity index (χ2n) is 8.92. The number of amides is 1. The summed E-state index contributed by atoms with van der Waals surface area (Å²) < 4.78 is 11.1. The number of nitrogens with one attached hydrogen (secondary N) is 1. The minimum absolute atomic E-state index is 0.0154. The lowest BCUT2D eigenvalue weighted by molar-refractivity contribution is 0.0937. The maximum atomic E-state index is 12.8. The number of nitrogens with zero attached hydrogens (tertiary/aromatic N) is 3. The molecule has 0 spiro atoms. The van der Waals surface area contributed by atoms with Gasteiger partial charge in [0.1, 0.15) is 5.75 Å². The van der Waals surface area contributed by atoms with Crippen molar-refractivity contribution in [2.45, 2.75) is 38.5 Å². The molecule has 1 N–H and O–H groups in total. The molecule has 1 unspecified atom stereocenters. The van der Waals surface area contributed by atoms with Gasteiger partial charge in [0.05, 0.1) is 30.9 Å². The lowest BCUT2D eigenvalue weighted by Gasteiger charge is -2.29. The molecule has 2 atom stereocenters. The summed E-state index contributed by atoms with van der Waals surface area (Å²) in [5.41, 5.74) is 3.28. The highest BCUT2D eigenvalue weighted by Gasteiger charge is 2.31. The van der Waals surface area contributed by atoms with E-state index in [-0.39, 0.29) is 24.1 Å². The zero-order chi connectivity index (χ0) is 24.8. The third-order valence-electron chi connectivity index (χ3n) is 6.06. The minimum atomic E-state index is -0.126. The van der Waals surface area contributed by atoms with Crippen LogP contribution in [-0.2, 0) is 0 Å². The van der Waals surface area contributed by atoms with Gasteiger partial charge in [-0.3, -0.25) is 9.69 Å². The zero-order valence-electron chi connectivity index (χ0n) is 20.3. The van der Waals surface area contributed by atoms with Crippen molar-refractivity contribution in [1.29, 1.82) is 5.26 Å². The smallest absolute Gasteiger partial charge is 0.251 e. The molecule has 1 aliphatic heterocycles. The summed E-state index contributed by atoms with van der Waals surface area (Å²) in [5.74, 6) is 1.28. The molecule has 1 fully saturated rings. The number of nitriles is 1. The van der Waals surface area contributed by atoms with Crippen LogP contribution >= 0.6 is 0 Å². The molecule has 1 aliphatic rings. The van der Waals surface area contributed by atoms with Gasteiger partial charge in [0.25, 0.3) is 5.91 Å². The second kappa shape index (κ2) is 11.0. The quantitative estimate of drug-likeness (QED) is 0.527. The number of benzene rings is 2. The Kier molecular flexibility index (Phi) is 7.64. The Labute approximate surface area is 206 Å². The lowest BCUT2D eigenvalue weighted by atomic mass is 9.98. The van der Waals surface area contributed by atoms with Crippen LogP contribution < -0.4 is 14.8 Å². The van der Waals surface area contributed by atoms with Crippen molar-refractivity contribution in [3.63, 3.8) is 0 Å². The van der Waals surface area contributed by atoms with Crippen molar-refractivity contribution in [3.8, 4) is 17.7 Å². The fourth-order valence-corrected chi connectivity index (χ4v) is 4.37. The number of carbonyl (C=O) groups is 1. The number of aromatic nitrogens is 1. The SMILES string of the molecule is COc1ccc([C@H](c2ccc(OC(C)C)nc2)N2CCC(NC(=O)c3ccc(C#N)cc3)C2)cc1. The average Bonchev–Trinajstić information content (AvgIpc) is 3.33. The highest BCUT2D eigenvalue weighted by molar-refractivity contribution is 5.94. The van der Waals surface area contributed by atoms with Gasteiger partial charge in [-0.1, -0.05) is 18.2 Å². The lowest BCUT2D eigenvalue weighted by Crippen LogP contribution is -2.38. The predicted molar refractivity (Wildman–Crippen MR) is 133 cm³/mol. The van der Waals surface area contributed by atoms with Gasteiger partial charge in [-0.2, -0.15) is 5.26 Å². The number of pyridine rings is 1. The van der Waals surface area contributed by atoms with Gasteiger partial charge < -0.3 is 14.8 Å². The molecule has 0 radical (unpaired) electrons. The average molecular weight is 471 g/mol. The Morgan fingerprint density at radius 2 is 1.80 bits per heavy atom. The van der Waals surface area contributed by atoms with E-state index in [0.717, 1.165) is 29.8 Å². The van der Waals surface area contributed by atoms with Crippen LogP contribution in [0.25, 0.3) is 0 Å². The summed E-state index contributed by atoms with van der Waals surface area (Å²) in [6.07, 6.45) is 2.77. The molecule has 0 saturated carbocycles. The van der Waals surface area contributed by atoms with Crippen LogP contribution in [0.5, 0.6) is 11.6 Å². The van der Waals surface area contributed by atoms with Gasteiger partial charge in [0.15, 0.2) is 0 Å². The van der Waals surface area contributed by atoms with E-state index in [1.54, 1.807) is 31.4 Å². The fourth-order valence-electron chi connectivity index (χ4n) is 4.37. The molecule has 4 rings (SSSR count). The Morgan fingerprint density at radius 1 is 1.09 bits per heavy atom. The van der Waals surface area contributed by atoms with Gasteiger partial charge in [-0.15, -0.1) is 0 Å². The third-order valence-corrected chi connectivity index (χ3v) is 6.06. The van der Waals surface area contributed by atoms with Gasteiger partial charge >= 0.3 is 0 Å². The predicted octanol–water partition coefficient (Wildman–Crippen LogP) is 4.34. The molecular formula is C28H30N4O3. The van der Waals surface area contributed by atoms with Crippen LogP contribution in [0.4, 0.5) is 0 Å². The first-order chi connectivity index (χ1) is 17.0. The largest absolute Gasteiger partial charge is 0.497 e. The van der Waals surface area contributed by atoms with E-state index >= 15 is 0 Å². The first kappa shape index (κ1) is 24.2. The fraction of sp³-hybridized carbons (Fsp3) is 0.321. The molecule has 180 valence electrons.